The SMILES string of the molecule is Cc1nc(-c2ccnc3ccccc23)[nH]c(=O)c1I. The molecule has 0 aliphatic heterocycles. The van der Waals surface area contributed by atoms with Gasteiger partial charge in [-0.1, -0.05) is 18.2 Å². The van der Waals surface area contributed by atoms with Crippen LogP contribution in [-0.4, -0.2) is 15.0 Å². The highest BCUT2D eigenvalue weighted by molar-refractivity contribution is 14.1. The molecule has 0 aliphatic carbocycles. The topological polar surface area (TPSA) is 58.6 Å². The Hall–Kier alpha value is -1.76. The van der Waals surface area contributed by atoms with E-state index in [0.717, 1.165) is 22.2 Å². The summed E-state index contributed by atoms with van der Waals surface area (Å²) in [5.41, 5.74) is 2.41. The van der Waals surface area contributed by atoms with Gasteiger partial charge in [-0.3, -0.25) is 9.78 Å². The molecule has 0 saturated heterocycles. The van der Waals surface area contributed by atoms with E-state index in [4.69, 9.17) is 0 Å². The second kappa shape index (κ2) is 4.73. The van der Waals surface area contributed by atoms with E-state index >= 15 is 0 Å². The van der Waals surface area contributed by atoms with Gasteiger partial charge in [-0.05, 0) is 41.6 Å². The summed E-state index contributed by atoms with van der Waals surface area (Å²) in [5, 5.41) is 0.980. The molecule has 0 radical (unpaired) electrons. The average molecular weight is 363 g/mol. The predicted octanol–water partition coefficient (Wildman–Crippen LogP) is 2.90. The maximum absolute atomic E-state index is 11.9. The second-order valence-corrected chi connectivity index (χ2v) is 5.27. The lowest BCUT2D eigenvalue weighted by atomic mass is 10.1. The van der Waals surface area contributed by atoms with E-state index in [9.17, 15) is 4.79 Å². The molecule has 1 aromatic carbocycles. The van der Waals surface area contributed by atoms with Crippen LogP contribution < -0.4 is 5.56 Å². The van der Waals surface area contributed by atoms with E-state index in [1.165, 1.54) is 0 Å². The van der Waals surface area contributed by atoms with Crippen molar-refractivity contribution in [3.8, 4) is 11.4 Å². The molecular formula is C14H10IN3O. The molecule has 19 heavy (non-hydrogen) atoms. The van der Waals surface area contributed by atoms with Crippen LogP contribution in [0.2, 0.25) is 0 Å². The van der Waals surface area contributed by atoms with Gasteiger partial charge in [-0.25, -0.2) is 4.98 Å². The number of H-pyrrole nitrogens is 1. The molecule has 94 valence electrons. The largest absolute Gasteiger partial charge is 0.306 e. The molecule has 1 N–H and O–H groups in total. The summed E-state index contributed by atoms with van der Waals surface area (Å²) < 4.78 is 0.625. The zero-order valence-corrected chi connectivity index (χ0v) is 12.3. The second-order valence-electron chi connectivity index (χ2n) is 4.19. The van der Waals surface area contributed by atoms with Crippen LogP contribution in [-0.2, 0) is 0 Å². The van der Waals surface area contributed by atoms with Crippen molar-refractivity contribution < 1.29 is 0 Å². The van der Waals surface area contributed by atoms with Gasteiger partial charge in [-0.2, -0.15) is 0 Å². The molecule has 0 unspecified atom stereocenters. The third-order valence-corrected chi connectivity index (χ3v) is 4.20. The van der Waals surface area contributed by atoms with Crippen molar-refractivity contribution in [3.63, 3.8) is 0 Å². The Morgan fingerprint density at radius 1 is 1.21 bits per heavy atom. The Morgan fingerprint density at radius 2 is 2.00 bits per heavy atom. The number of pyridine rings is 1. The third kappa shape index (κ3) is 2.14. The van der Waals surface area contributed by atoms with Crippen molar-refractivity contribution in [2.24, 2.45) is 0 Å². The minimum atomic E-state index is -0.107. The van der Waals surface area contributed by atoms with E-state index in [0.29, 0.717) is 9.39 Å². The van der Waals surface area contributed by atoms with Crippen LogP contribution in [0.25, 0.3) is 22.3 Å². The molecule has 0 atom stereocenters. The molecule has 3 rings (SSSR count). The fraction of sp³-hybridized carbons (Fsp3) is 0.0714. The normalized spacial score (nSPS) is 10.8. The molecule has 0 saturated carbocycles. The first-order chi connectivity index (χ1) is 9.16. The van der Waals surface area contributed by atoms with Gasteiger partial charge in [-0.15, -0.1) is 0 Å². The minimum Gasteiger partial charge on any atom is -0.306 e. The molecule has 3 aromatic rings. The van der Waals surface area contributed by atoms with Crippen molar-refractivity contribution in [1.82, 2.24) is 15.0 Å². The van der Waals surface area contributed by atoms with E-state index in [1.807, 2.05) is 59.8 Å². The van der Waals surface area contributed by atoms with Gasteiger partial charge < -0.3 is 4.98 Å². The molecule has 0 bridgehead atoms. The highest BCUT2D eigenvalue weighted by atomic mass is 127. The van der Waals surface area contributed by atoms with Gasteiger partial charge in [0.25, 0.3) is 5.56 Å². The molecule has 5 heteroatoms. The lowest BCUT2D eigenvalue weighted by Gasteiger charge is -2.06. The van der Waals surface area contributed by atoms with Crippen LogP contribution in [0.4, 0.5) is 0 Å². The van der Waals surface area contributed by atoms with Crippen molar-refractivity contribution in [3.05, 3.63) is 56.1 Å². The summed E-state index contributed by atoms with van der Waals surface area (Å²) in [6, 6.07) is 9.67. The standard InChI is InChI=1S/C14H10IN3O/c1-8-12(15)14(19)18-13(17-8)10-6-7-16-11-5-3-2-4-9(10)11/h2-7H,1H3,(H,17,18,19). The molecule has 0 amide bonds. The number of hydrogen-bond donors (Lipinski definition) is 1. The number of hydrogen-bond acceptors (Lipinski definition) is 3. The number of aryl methyl sites for hydroxylation is 1. The summed E-state index contributed by atoms with van der Waals surface area (Å²) in [7, 11) is 0. The Kier molecular flexibility index (Phi) is 3.06. The van der Waals surface area contributed by atoms with E-state index in [-0.39, 0.29) is 5.56 Å². The maximum atomic E-state index is 11.9. The lowest BCUT2D eigenvalue weighted by Crippen LogP contribution is -2.14. The van der Waals surface area contributed by atoms with Crippen molar-refractivity contribution >= 4 is 33.5 Å². The first-order valence-corrected chi connectivity index (χ1v) is 6.85. The summed E-state index contributed by atoms with van der Waals surface area (Å²) in [6.45, 7) is 1.84. The minimum absolute atomic E-state index is 0.107. The zero-order valence-electron chi connectivity index (χ0n) is 10.1. The number of nitrogens with one attached hydrogen (secondary N) is 1. The highest BCUT2D eigenvalue weighted by Crippen LogP contribution is 2.24. The Bertz CT molecular complexity index is 821. The predicted molar refractivity (Wildman–Crippen MR) is 83.0 cm³/mol. The van der Waals surface area contributed by atoms with Crippen LogP contribution in [0.15, 0.2) is 41.3 Å². The molecule has 0 spiro atoms. The summed E-state index contributed by atoms with van der Waals surface area (Å²) in [6.07, 6.45) is 1.73. The fourth-order valence-corrected chi connectivity index (χ4v) is 2.26. The number of benzene rings is 1. The zero-order chi connectivity index (χ0) is 13.4. The van der Waals surface area contributed by atoms with Crippen molar-refractivity contribution in [1.29, 1.82) is 0 Å². The van der Waals surface area contributed by atoms with Crippen molar-refractivity contribution in [2.75, 3.05) is 0 Å². The first-order valence-electron chi connectivity index (χ1n) is 5.77. The molecule has 0 fully saturated rings. The number of fused-ring (bicyclic) bond motifs is 1. The van der Waals surface area contributed by atoms with Gasteiger partial charge in [0.1, 0.15) is 5.82 Å². The van der Waals surface area contributed by atoms with Crippen LogP contribution in [0.3, 0.4) is 0 Å². The first kappa shape index (κ1) is 12.3. The van der Waals surface area contributed by atoms with E-state index in [2.05, 4.69) is 15.0 Å². The van der Waals surface area contributed by atoms with Gasteiger partial charge in [0.15, 0.2) is 0 Å². The molecule has 4 nitrogen and oxygen atoms in total. The molecular weight excluding hydrogens is 353 g/mol. The average Bonchev–Trinajstić information content (AvgIpc) is 2.43. The van der Waals surface area contributed by atoms with Crippen LogP contribution in [0.5, 0.6) is 0 Å². The number of para-hydroxylation sites is 1. The monoisotopic (exact) mass is 363 g/mol. The number of nitrogens with zero attached hydrogens (tertiary/aromatic N) is 2. The number of aromatic amines is 1. The Balaban J connectivity index is 2.34. The fourth-order valence-electron chi connectivity index (χ4n) is 2.00. The summed E-state index contributed by atoms with van der Waals surface area (Å²) in [4.78, 5) is 23.4. The molecule has 0 aliphatic rings. The maximum Gasteiger partial charge on any atom is 0.264 e. The lowest BCUT2D eigenvalue weighted by molar-refractivity contribution is 1.05. The van der Waals surface area contributed by atoms with Gasteiger partial charge >= 0.3 is 0 Å². The quantitative estimate of drug-likeness (QED) is 0.677. The van der Waals surface area contributed by atoms with Crippen LogP contribution in [0.1, 0.15) is 5.69 Å². The summed E-state index contributed by atoms with van der Waals surface area (Å²) >= 11 is 2.00. The number of halogens is 1. The Labute approximate surface area is 123 Å². The smallest absolute Gasteiger partial charge is 0.264 e. The molecule has 2 aromatic heterocycles. The van der Waals surface area contributed by atoms with Crippen LogP contribution in [0, 0.1) is 10.5 Å². The van der Waals surface area contributed by atoms with E-state index in [1.54, 1.807) is 6.20 Å². The third-order valence-electron chi connectivity index (χ3n) is 2.93. The number of rotatable bonds is 1. The van der Waals surface area contributed by atoms with Crippen LogP contribution >= 0.6 is 22.6 Å². The van der Waals surface area contributed by atoms with Gasteiger partial charge in [0.2, 0.25) is 0 Å². The highest BCUT2D eigenvalue weighted by Gasteiger charge is 2.09. The van der Waals surface area contributed by atoms with Crippen molar-refractivity contribution in [2.45, 2.75) is 6.92 Å². The summed E-state index contributed by atoms with van der Waals surface area (Å²) in [5.74, 6) is 0.585. The molecule has 2 heterocycles. The number of aromatic nitrogens is 3. The Morgan fingerprint density at radius 3 is 2.79 bits per heavy atom. The van der Waals surface area contributed by atoms with E-state index < -0.39 is 0 Å². The van der Waals surface area contributed by atoms with Gasteiger partial charge in [0, 0.05) is 17.1 Å². The van der Waals surface area contributed by atoms with Gasteiger partial charge in [0.05, 0.1) is 14.8 Å².